The first kappa shape index (κ1) is 21.7. The van der Waals surface area contributed by atoms with Gasteiger partial charge in [-0.3, -0.25) is 14.5 Å². The van der Waals surface area contributed by atoms with E-state index in [1.165, 1.54) is 23.1 Å². The van der Waals surface area contributed by atoms with Gasteiger partial charge in [-0.2, -0.15) is 0 Å². The van der Waals surface area contributed by atoms with Crippen molar-refractivity contribution in [2.75, 3.05) is 25.1 Å². The number of carbonyl (C=O) groups is 4. The van der Waals surface area contributed by atoms with Crippen LogP contribution >= 0.6 is 30.5 Å². The zero-order valence-corrected chi connectivity index (χ0v) is 18.2. The summed E-state index contributed by atoms with van der Waals surface area (Å²) in [6.45, 7) is 0.122. The minimum atomic E-state index is -1.28. The van der Waals surface area contributed by atoms with Crippen molar-refractivity contribution in [2.24, 2.45) is 0 Å². The van der Waals surface area contributed by atoms with Crippen LogP contribution in [0.1, 0.15) is 9.67 Å². The molecule has 2 aliphatic heterocycles. The van der Waals surface area contributed by atoms with Crippen LogP contribution in [-0.2, 0) is 26.1 Å². The van der Waals surface area contributed by atoms with Crippen LogP contribution < -0.4 is 10.6 Å². The minimum Gasteiger partial charge on any atom is -0.477 e. The van der Waals surface area contributed by atoms with Crippen molar-refractivity contribution < 1.29 is 29.0 Å². The molecular weight excluding hydrogens is 457 g/mol. The number of ether oxygens (including phenoxy) is 1. The van der Waals surface area contributed by atoms with Gasteiger partial charge in [0, 0.05) is 24.0 Å². The minimum absolute atomic E-state index is 0.197. The van der Waals surface area contributed by atoms with E-state index in [0.29, 0.717) is 23.2 Å². The summed E-state index contributed by atoms with van der Waals surface area (Å²) in [6.07, 6.45) is -0.0737. The first-order chi connectivity index (χ1) is 13.9. The number of hydrogen-bond acceptors (Lipinski definition) is 8. The Morgan fingerprint density at radius 3 is 2.86 bits per heavy atom. The molecule has 2 unspecified atom stereocenters. The van der Waals surface area contributed by atoms with Crippen molar-refractivity contribution in [2.45, 2.75) is 11.4 Å². The number of hydrogen-bond donors (Lipinski definition) is 3. The number of β-lactam (4-membered cyclic amide) rings is 1. The molecular formula is C16H16N3O6PS3. The van der Waals surface area contributed by atoms with E-state index >= 15 is 0 Å². The zero-order chi connectivity index (χ0) is 21.0. The number of fused-ring (bicyclic) bond motifs is 1. The van der Waals surface area contributed by atoms with E-state index in [1.807, 2.05) is 0 Å². The first-order valence-electron chi connectivity index (χ1n) is 8.38. The number of thioether (sulfide) groups is 1. The lowest BCUT2D eigenvalue weighted by atomic mass is 10.0. The SMILES string of the molecule is O=C(NCCP=S)OCC1=C(C(=O)O)N2C(=O)C(NC(=O)c3cccs3)C2SC1. The molecule has 13 heteroatoms. The number of carbonyl (C=O) groups excluding carboxylic acids is 3. The monoisotopic (exact) mass is 473 g/mol. The third-order valence-corrected chi connectivity index (χ3v) is 7.29. The Bertz CT molecular complexity index is 875. The Kier molecular flexibility index (Phi) is 7.23. The van der Waals surface area contributed by atoms with Crippen molar-refractivity contribution in [3.05, 3.63) is 33.7 Å². The lowest BCUT2D eigenvalue weighted by molar-refractivity contribution is -0.148. The van der Waals surface area contributed by atoms with Gasteiger partial charge in [-0.05, 0) is 18.8 Å². The second-order valence-electron chi connectivity index (χ2n) is 5.95. The number of rotatable bonds is 8. The highest BCUT2D eigenvalue weighted by atomic mass is 32.4. The average molecular weight is 473 g/mol. The molecule has 3 rings (SSSR count). The smallest absolute Gasteiger partial charge is 0.407 e. The molecule has 0 spiro atoms. The van der Waals surface area contributed by atoms with Gasteiger partial charge < -0.3 is 20.5 Å². The Labute approximate surface area is 180 Å². The average Bonchev–Trinajstić information content (AvgIpc) is 3.24. The first-order valence-corrected chi connectivity index (χ1v) is 12.4. The van der Waals surface area contributed by atoms with E-state index in [4.69, 9.17) is 16.5 Å². The predicted molar refractivity (Wildman–Crippen MR) is 112 cm³/mol. The second-order valence-corrected chi connectivity index (χ2v) is 9.48. The lowest BCUT2D eigenvalue weighted by Gasteiger charge is -2.49. The van der Waals surface area contributed by atoms with Gasteiger partial charge in [0.25, 0.3) is 11.8 Å². The van der Waals surface area contributed by atoms with E-state index < -0.39 is 29.4 Å². The second kappa shape index (κ2) is 9.66. The van der Waals surface area contributed by atoms with Crippen LogP contribution in [0.25, 0.3) is 0 Å². The van der Waals surface area contributed by atoms with E-state index in [9.17, 15) is 24.3 Å². The molecule has 2 aliphatic rings. The molecule has 154 valence electrons. The van der Waals surface area contributed by atoms with Gasteiger partial charge >= 0.3 is 12.1 Å². The van der Waals surface area contributed by atoms with Gasteiger partial charge in [0.05, 0.1) is 4.88 Å². The topological polar surface area (TPSA) is 125 Å². The summed E-state index contributed by atoms with van der Waals surface area (Å²) in [6, 6.07) is 2.58. The standard InChI is InChI=1S/C16H16N3O6PS3/c20-12(9-2-1-5-28-9)18-10-13(21)19-11(15(22)23)8(7-29-14(10)19)6-25-16(24)17-3-4-26-27/h1-2,5,10,14H,3-4,6-7H2,(H,17,24)(H,18,20)(H,22,23). The summed E-state index contributed by atoms with van der Waals surface area (Å²) in [5, 5.41) is 16.0. The van der Waals surface area contributed by atoms with Crippen molar-refractivity contribution in [3.63, 3.8) is 0 Å². The fourth-order valence-electron chi connectivity index (χ4n) is 2.82. The predicted octanol–water partition coefficient (Wildman–Crippen LogP) is 1.23. The van der Waals surface area contributed by atoms with E-state index in [1.54, 1.807) is 17.5 Å². The maximum Gasteiger partial charge on any atom is 0.407 e. The third kappa shape index (κ3) is 4.77. The van der Waals surface area contributed by atoms with E-state index in [2.05, 4.69) is 10.6 Å². The van der Waals surface area contributed by atoms with Gasteiger partial charge in [-0.1, -0.05) is 17.9 Å². The highest BCUT2D eigenvalue weighted by Gasteiger charge is 2.54. The number of amides is 3. The van der Waals surface area contributed by atoms with Crippen molar-refractivity contribution in [1.82, 2.24) is 15.5 Å². The zero-order valence-electron chi connectivity index (χ0n) is 14.8. The maximum atomic E-state index is 12.5. The molecule has 3 heterocycles. The Morgan fingerprint density at radius 1 is 1.41 bits per heavy atom. The fourth-order valence-corrected chi connectivity index (χ4v) is 5.25. The van der Waals surface area contributed by atoms with Crippen LogP contribution in [0.4, 0.5) is 4.79 Å². The van der Waals surface area contributed by atoms with Crippen LogP contribution in [0.2, 0.25) is 0 Å². The van der Waals surface area contributed by atoms with Crippen LogP contribution in [0.5, 0.6) is 0 Å². The van der Waals surface area contributed by atoms with Gasteiger partial charge in [0.1, 0.15) is 23.7 Å². The summed E-state index contributed by atoms with van der Waals surface area (Å²) >= 11 is 7.32. The normalized spacial score (nSPS) is 20.7. The molecule has 0 radical (unpaired) electrons. The molecule has 1 fully saturated rings. The summed E-state index contributed by atoms with van der Waals surface area (Å²) in [4.78, 5) is 49.8. The molecule has 1 aromatic heterocycles. The number of carboxylic acids is 1. The fraction of sp³-hybridized carbons (Fsp3) is 0.375. The molecule has 2 atom stereocenters. The number of nitrogens with zero attached hydrogens (tertiary/aromatic N) is 1. The highest BCUT2D eigenvalue weighted by molar-refractivity contribution is 8.00. The molecule has 9 nitrogen and oxygen atoms in total. The van der Waals surface area contributed by atoms with Crippen molar-refractivity contribution >= 4 is 66.1 Å². The summed E-state index contributed by atoms with van der Waals surface area (Å²) in [5.41, 5.74) is 0.129. The number of nitrogens with one attached hydrogen (secondary N) is 2. The summed E-state index contributed by atoms with van der Waals surface area (Å²) < 4.78 is 5.06. The van der Waals surface area contributed by atoms with Crippen molar-refractivity contribution in [1.29, 1.82) is 0 Å². The molecule has 3 N–H and O–H groups in total. The molecule has 1 aromatic rings. The number of alkyl carbamates (subject to hydrolysis) is 1. The van der Waals surface area contributed by atoms with Crippen LogP contribution in [0.15, 0.2) is 28.8 Å². The van der Waals surface area contributed by atoms with Gasteiger partial charge in [-0.15, -0.1) is 23.1 Å². The molecule has 29 heavy (non-hydrogen) atoms. The molecule has 0 aromatic carbocycles. The summed E-state index contributed by atoms with van der Waals surface area (Å²) in [5.74, 6) is -1.89. The number of carboxylic acid groups (broad SMARTS) is 1. The molecule has 0 aliphatic carbocycles. The van der Waals surface area contributed by atoms with Gasteiger partial charge in [0.15, 0.2) is 0 Å². The molecule has 0 saturated carbocycles. The highest BCUT2D eigenvalue weighted by Crippen LogP contribution is 2.40. The quantitative estimate of drug-likeness (QED) is 0.293. The summed E-state index contributed by atoms with van der Waals surface area (Å²) in [7, 11) is 0.724. The van der Waals surface area contributed by atoms with Crippen LogP contribution in [-0.4, -0.2) is 70.4 Å². The van der Waals surface area contributed by atoms with Crippen molar-refractivity contribution in [3.8, 4) is 0 Å². The molecule has 0 bridgehead atoms. The largest absolute Gasteiger partial charge is 0.477 e. The Hall–Kier alpha value is -2.01. The van der Waals surface area contributed by atoms with Gasteiger partial charge in [0.2, 0.25) is 0 Å². The molecule has 3 amide bonds. The van der Waals surface area contributed by atoms with E-state index in [-0.39, 0.29) is 24.0 Å². The Balaban J connectivity index is 1.65. The van der Waals surface area contributed by atoms with Crippen LogP contribution in [0.3, 0.4) is 0 Å². The number of aliphatic carboxylic acids is 1. The van der Waals surface area contributed by atoms with Gasteiger partial charge in [-0.25, -0.2) is 9.59 Å². The maximum absolute atomic E-state index is 12.5. The third-order valence-electron chi connectivity index (χ3n) is 4.13. The Morgan fingerprint density at radius 2 is 2.21 bits per heavy atom. The lowest BCUT2D eigenvalue weighted by Crippen LogP contribution is -2.70. The van der Waals surface area contributed by atoms with E-state index in [0.717, 1.165) is 12.3 Å². The number of thiophene rings is 1. The van der Waals surface area contributed by atoms with Crippen LogP contribution in [0, 0.1) is 0 Å². The molecule has 1 saturated heterocycles.